The number of anilines is 1. The summed E-state index contributed by atoms with van der Waals surface area (Å²) < 4.78 is 26.5. The van der Waals surface area contributed by atoms with Crippen molar-refractivity contribution in [2.75, 3.05) is 23.7 Å². The zero-order valence-electron chi connectivity index (χ0n) is 20.6. The first-order valence-electron chi connectivity index (χ1n) is 11.5. The highest BCUT2D eigenvalue weighted by molar-refractivity contribution is 7.92. The van der Waals surface area contributed by atoms with E-state index in [1.807, 2.05) is 13.8 Å². The summed E-state index contributed by atoms with van der Waals surface area (Å²) in [6.07, 6.45) is 3.17. The fourth-order valence-electron chi connectivity index (χ4n) is 3.71. The topological polar surface area (TPSA) is 86.8 Å². The molecule has 0 saturated carbocycles. The molecule has 2 aromatic carbocycles. The van der Waals surface area contributed by atoms with Gasteiger partial charge in [0.25, 0.3) is 0 Å². The van der Waals surface area contributed by atoms with Crippen molar-refractivity contribution in [1.82, 2.24) is 10.2 Å². The van der Waals surface area contributed by atoms with Crippen LogP contribution < -0.4 is 9.62 Å². The smallest absolute Gasteiger partial charge is 0.244 e. The highest BCUT2D eigenvalue weighted by Gasteiger charge is 2.32. The molecule has 0 bridgehead atoms. The van der Waals surface area contributed by atoms with Crippen molar-refractivity contribution in [3.05, 3.63) is 63.6 Å². The van der Waals surface area contributed by atoms with Gasteiger partial charge in [0.2, 0.25) is 21.8 Å². The summed E-state index contributed by atoms with van der Waals surface area (Å²) in [5.74, 6) is -0.756. The molecular weight excluding hydrogens is 509 g/mol. The van der Waals surface area contributed by atoms with E-state index in [0.29, 0.717) is 34.3 Å². The number of unbranched alkanes of at least 4 members (excludes halogenated alkanes) is 1. The van der Waals surface area contributed by atoms with Gasteiger partial charge in [0.15, 0.2) is 0 Å². The number of carbonyl (C=O) groups excluding carboxylic acids is 2. The lowest BCUT2D eigenvalue weighted by atomic mass is 10.1. The molecule has 0 unspecified atom stereocenters. The van der Waals surface area contributed by atoms with Crippen LogP contribution in [-0.2, 0) is 26.2 Å². The van der Waals surface area contributed by atoms with Crippen molar-refractivity contribution in [1.29, 1.82) is 0 Å². The average molecular weight is 543 g/mol. The lowest BCUT2D eigenvalue weighted by Crippen LogP contribution is -2.52. The van der Waals surface area contributed by atoms with E-state index in [2.05, 4.69) is 5.32 Å². The van der Waals surface area contributed by atoms with E-state index < -0.39 is 28.5 Å². The quantitative estimate of drug-likeness (QED) is 0.391. The normalized spacial score (nSPS) is 12.2. The van der Waals surface area contributed by atoms with Crippen molar-refractivity contribution >= 4 is 50.7 Å². The summed E-state index contributed by atoms with van der Waals surface area (Å²) in [6, 6.07) is 11.0. The minimum Gasteiger partial charge on any atom is -0.354 e. The number of hydrogen-bond donors (Lipinski definition) is 1. The van der Waals surface area contributed by atoms with E-state index in [0.717, 1.165) is 29.0 Å². The van der Waals surface area contributed by atoms with Gasteiger partial charge in [-0.3, -0.25) is 13.9 Å². The molecule has 0 aliphatic heterocycles. The molecule has 0 radical (unpaired) electrons. The maximum atomic E-state index is 13.6. The predicted octanol–water partition coefficient (Wildman–Crippen LogP) is 4.79. The molecule has 2 aromatic rings. The first-order chi connectivity index (χ1) is 16.5. The van der Waals surface area contributed by atoms with Crippen LogP contribution in [0.4, 0.5) is 5.69 Å². The summed E-state index contributed by atoms with van der Waals surface area (Å²) in [6.45, 7) is 5.77. The number of sulfonamides is 1. The maximum Gasteiger partial charge on any atom is 0.244 e. The number of amides is 2. The predicted molar refractivity (Wildman–Crippen MR) is 142 cm³/mol. The molecule has 1 atom stereocenters. The molecule has 0 aliphatic carbocycles. The summed E-state index contributed by atoms with van der Waals surface area (Å²) in [5.41, 5.74) is 1.75. The SMILES string of the molecule is CCCCNC(=O)[C@@H](CC)N(Cc1ccc(Cl)cc1)C(=O)CN(c1ccc(Cl)cc1C)S(C)(=O)=O. The van der Waals surface area contributed by atoms with E-state index in [4.69, 9.17) is 23.2 Å². The van der Waals surface area contributed by atoms with Crippen molar-refractivity contribution in [3.63, 3.8) is 0 Å². The fourth-order valence-corrected chi connectivity index (χ4v) is 4.97. The molecule has 10 heteroatoms. The minimum absolute atomic E-state index is 0.132. The van der Waals surface area contributed by atoms with Crippen LogP contribution in [0.1, 0.15) is 44.2 Å². The third-order valence-electron chi connectivity index (χ3n) is 5.59. The Morgan fingerprint density at radius 1 is 1.03 bits per heavy atom. The van der Waals surface area contributed by atoms with Crippen molar-refractivity contribution in [3.8, 4) is 0 Å². The van der Waals surface area contributed by atoms with Crippen LogP contribution in [0.25, 0.3) is 0 Å². The summed E-state index contributed by atoms with van der Waals surface area (Å²) in [5, 5.41) is 3.91. The van der Waals surface area contributed by atoms with E-state index >= 15 is 0 Å². The largest absolute Gasteiger partial charge is 0.354 e. The molecule has 0 heterocycles. The molecule has 2 amide bonds. The Balaban J connectivity index is 2.42. The van der Waals surface area contributed by atoms with E-state index in [-0.39, 0.29) is 12.5 Å². The van der Waals surface area contributed by atoms with Gasteiger partial charge >= 0.3 is 0 Å². The second-order valence-electron chi connectivity index (χ2n) is 8.42. The summed E-state index contributed by atoms with van der Waals surface area (Å²) in [4.78, 5) is 28.1. The van der Waals surface area contributed by atoms with Gasteiger partial charge in [-0.1, -0.05) is 55.6 Å². The van der Waals surface area contributed by atoms with Crippen LogP contribution in [0.2, 0.25) is 10.0 Å². The maximum absolute atomic E-state index is 13.6. The Labute approximate surface area is 218 Å². The molecule has 0 aliphatic rings. The number of carbonyl (C=O) groups is 2. The van der Waals surface area contributed by atoms with Gasteiger partial charge in [-0.2, -0.15) is 0 Å². The standard InChI is InChI=1S/C25H33Cl2N3O4S/c1-5-7-14-28-25(32)22(6-2)29(16-19-8-10-20(26)11-9-19)24(31)17-30(35(4,33)34)23-13-12-21(27)15-18(23)3/h8-13,15,22H,5-7,14,16-17H2,1-4H3,(H,28,32)/t22-/m1/s1. The summed E-state index contributed by atoms with van der Waals surface area (Å²) in [7, 11) is -3.81. The van der Waals surface area contributed by atoms with Gasteiger partial charge in [-0.15, -0.1) is 0 Å². The third kappa shape index (κ3) is 8.40. The number of hydrogen-bond acceptors (Lipinski definition) is 4. The monoisotopic (exact) mass is 541 g/mol. The number of aryl methyl sites for hydroxylation is 1. The highest BCUT2D eigenvalue weighted by atomic mass is 35.5. The molecule has 0 aromatic heterocycles. The molecule has 192 valence electrons. The Bertz CT molecular complexity index is 1120. The first kappa shape index (κ1) is 28.9. The number of benzene rings is 2. The molecule has 7 nitrogen and oxygen atoms in total. The van der Waals surface area contributed by atoms with Gasteiger partial charge < -0.3 is 10.2 Å². The number of halogens is 2. The molecule has 0 fully saturated rings. The van der Waals surface area contributed by atoms with Crippen LogP contribution in [0.5, 0.6) is 0 Å². The lowest BCUT2D eigenvalue weighted by Gasteiger charge is -2.33. The molecule has 35 heavy (non-hydrogen) atoms. The first-order valence-corrected chi connectivity index (χ1v) is 14.1. The van der Waals surface area contributed by atoms with Crippen LogP contribution in [0.15, 0.2) is 42.5 Å². The zero-order chi connectivity index (χ0) is 26.2. The zero-order valence-corrected chi connectivity index (χ0v) is 22.9. The lowest BCUT2D eigenvalue weighted by molar-refractivity contribution is -0.140. The van der Waals surface area contributed by atoms with Gasteiger partial charge in [-0.25, -0.2) is 8.42 Å². The summed E-state index contributed by atoms with van der Waals surface area (Å²) >= 11 is 12.1. The van der Waals surface area contributed by atoms with E-state index in [9.17, 15) is 18.0 Å². The Hall–Kier alpha value is -2.29. The third-order valence-corrected chi connectivity index (χ3v) is 7.20. The minimum atomic E-state index is -3.81. The number of nitrogens with zero attached hydrogens (tertiary/aromatic N) is 2. The van der Waals surface area contributed by atoms with Crippen molar-refractivity contribution < 1.29 is 18.0 Å². The molecule has 1 N–H and O–H groups in total. The fraction of sp³-hybridized carbons (Fsp3) is 0.440. The number of rotatable bonds is 12. The Morgan fingerprint density at radius 3 is 2.20 bits per heavy atom. The van der Waals surface area contributed by atoms with Gasteiger partial charge in [0.1, 0.15) is 12.6 Å². The average Bonchev–Trinajstić information content (AvgIpc) is 2.78. The number of nitrogens with one attached hydrogen (secondary N) is 1. The molecule has 0 saturated heterocycles. The van der Waals surface area contributed by atoms with Gasteiger partial charge in [0.05, 0.1) is 11.9 Å². The van der Waals surface area contributed by atoms with Gasteiger partial charge in [-0.05, 0) is 61.2 Å². The van der Waals surface area contributed by atoms with Crippen LogP contribution in [-0.4, -0.2) is 50.5 Å². The molecule has 2 rings (SSSR count). The van der Waals surface area contributed by atoms with Crippen molar-refractivity contribution in [2.45, 2.75) is 52.6 Å². The highest BCUT2D eigenvalue weighted by Crippen LogP contribution is 2.26. The van der Waals surface area contributed by atoms with Crippen molar-refractivity contribution in [2.24, 2.45) is 0 Å². The van der Waals surface area contributed by atoms with Crippen LogP contribution in [0.3, 0.4) is 0 Å². The van der Waals surface area contributed by atoms with E-state index in [1.165, 1.54) is 4.90 Å². The molecule has 0 spiro atoms. The Morgan fingerprint density at radius 2 is 1.66 bits per heavy atom. The Kier molecular flexibility index (Phi) is 10.9. The second kappa shape index (κ2) is 13.1. The van der Waals surface area contributed by atoms with E-state index in [1.54, 1.807) is 49.4 Å². The van der Waals surface area contributed by atoms with Crippen LogP contribution >= 0.6 is 23.2 Å². The second-order valence-corrected chi connectivity index (χ2v) is 11.2. The van der Waals surface area contributed by atoms with Crippen LogP contribution in [0, 0.1) is 6.92 Å². The molecular formula is C25H33Cl2N3O4S. The van der Waals surface area contributed by atoms with Gasteiger partial charge in [0, 0.05) is 23.1 Å².